The summed E-state index contributed by atoms with van der Waals surface area (Å²) in [6.07, 6.45) is 3.26. The number of nitrogens with zero attached hydrogens (tertiary/aromatic N) is 4. The fourth-order valence-corrected chi connectivity index (χ4v) is 3.93. The first-order valence-corrected chi connectivity index (χ1v) is 10.2. The van der Waals surface area contributed by atoms with Crippen molar-refractivity contribution in [1.82, 2.24) is 24.5 Å². The molecule has 166 valence electrons. The molecule has 0 aliphatic carbocycles. The van der Waals surface area contributed by atoms with E-state index in [1.807, 2.05) is 6.92 Å². The minimum Gasteiger partial charge on any atom is -0.360 e. The molecule has 2 N–H and O–H groups in total. The third-order valence-electron chi connectivity index (χ3n) is 5.49. The van der Waals surface area contributed by atoms with Gasteiger partial charge in [0, 0.05) is 5.69 Å². The summed E-state index contributed by atoms with van der Waals surface area (Å²) in [6, 6.07) is 8.77. The molecule has 5 rings (SSSR count). The largest absolute Gasteiger partial charge is 0.360 e. The number of anilines is 1. The van der Waals surface area contributed by atoms with Crippen molar-refractivity contribution in [2.75, 3.05) is 5.32 Å². The maximum atomic E-state index is 14.8. The topological polar surface area (TPSA) is 88.5 Å². The summed E-state index contributed by atoms with van der Waals surface area (Å²) in [7, 11) is 0. The van der Waals surface area contributed by atoms with Gasteiger partial charge in [0.25, 0.3) is 5.56 Å². The Morgan fingerprint density at radius 3 is 2.67 bits per heavy atom. The van der Waals surface area contributed by atoms with Crippen LogP contribution in [0.25, 0.3) is 27.6 Å². The fourth-order valence-electron chi connectivity index (χ4n) is 3.93. The highest BCUT2D eigenvalue weighted by molar-refractivity contribution is 5.84. The number of pyridine rings is 1. The van der Waals surface area contributed by atoms with Crippen molar-refractivity contribution in [2.45, 2.75) is 19.4 Å². The number of nitrogens with one attached hydrogen (secondary N) is 2. The summed E-state index contributed by atoms with van der Waals surface area (Å²) in [5, 5.41) is 3.35. The summed E-state index contributed by atoms with van der Waals surface area (Å²) >= 11 is 0. The lowest BCUT2D eigenvalue weighted by atomic mass is 10.0. The van der Waals surface area contributed by atoms with Gasteiger partial charge < -0.3 is 10.3 Å². The molecule has 1 atom stereocenters. The Kier molecular flexibility index (Phi) is 5.04. The molecule has 0 saturated heterocycles. The van der Waals surface area contributed by atoms with E-state index >= 15 is 0 Å². The molecule has 0 unspecified atom stereocenters. The smallest absolute Gasteiger partial charge is 0.266 e. The van der Waals surface area contributed by atoms with E-state index in [9.17, 15) is 18.0 Å². The lowest BCUT2D eigenvalue weighted by molar-refractivity contribution is 0.501. The fraction of sp³-hybridized carbons (Fsp3) is 0.130. The first-order chi connectivity index (χ1) is 16.0. The molecular weight excluding hydrogens is 433 g/mol. The van der Waals surface area contributed by atoms with E-state index in [-0.39, 0.29) is 11.1 Å². The third-order valence-corrected chi connectivity index (χ3v) is 5.49. The van der Waals surface area contributed by atoms with Gasteiger partial charge >= 0.3 is 0 Å². The van der Waals surface area contributed by atoms with E-state index in [2.05, 4.69) is 25.3 Å². The van der Waals surface area contributed by atoms with Crippen LogP contribution >= 0.6 is 0 Å². The van der Waals surface area contributed by atoms with Gasteiger partial charge in [-0.1, -0.05) is 25.1 Å². The highest BCUT2D eigenvalue weighted by atomic mass is 19.2. The maximum Gasteiger partial charge on any atom is 0.266 e. The number of benzene rings is 2. The molecule has 0 bridgehead atoms. The minimum absolute atomic E-state index is 0.212. The van der Waals surface area contributed by atoms with Gasteiger partial charge in [-0.2, -0.15) is 0 Å². The number of halogens is 3. The van der Waals surface area contributed by atoms with Gasteiger partial charge in [0.2, 0.25) is 0 Å². The number of aromatic amines is 1. The average Bonchev–Trinajstić information content (AvgIpc) is 3.29. The van der Waals surface area contributed by atoms with Crippen molar-refractivity contribution < 1.29 is 13.2 Å². The van der Waals surface area contributed by atoms with Crippen molar-refractivity contribution in [3.05, 3.63) is 88.6 Å². The second-order valence-corrected chi connectivity index (χ2v) is 7.41. The Hall–Kier alpha value is -4.21. The summed E-state index contributed by atoms with van der Waals surface area (Å²) in [5.41, 5.74) is 0.198. The second-order valence-electron chi connectivity index (χ2n) is 7.41. The highest BCUT2D eigenvalue weighted by Gasteiger charge is 2.23. The Morgan fingerprint density at radius 1 is 1.06 bits per heavy atom. The van der Waals surface area contributed by atoms with E-state index < -0.39 is 29.1 Å². The molecule has 0 aliphatic heterocycles. The predicted molar refractivity (Wildman–Crippen MR) is 118 cm³/mol. The number of hydrogen-bond donors (Lipinski definition) is 2. The number of fused-ring (bicyclic) bond motifs is 2. The quantitative estimate of drug-likeness (QED) is 0.407. The van der Waals surface area contributed by atoms with E-state index in [1.54, 1.807) is 12.1 Å². The second kappa shape index (κ2) is 8.05. The van der Waals surface area contributed by atoms with E-state index in [0.717, 1.165) is 16.7 Å². The standard InChI is InChI=1S/C23H17F3N6O/c1-2-15(31-22-20-21(28-10-27-20)29-11-30-22)17-9-12-5-3-6-13(24)18(12)23(33)32(17)16-8-4-7-14(25)19(16)26/h3-11,15H,2H2,1H3,(H2,27,28,29,30,31)/t15-/m0/s1. The van der Waals surface area contributed by atoms with E-state index in [1.165, 1.54) is 30.9 Å². The molecule has 0 amide bonds. The molecule has 5 aromatic rings. The summed E-state index contributed by atoms with van der Waals surface area (Å²) in [4.78, 5) is 28.9. The number of imidazole rings is 1. The van der Waals surface area contributed by atoms with Crippen molar-refractivity contribution in [1.29, 1.82) is 0 Å². The molecular formula is C23H17F3N6O. The van der Waals surface area contributed by atoms with Gasteiger partial charge in [-0.15, -0.1) is 0 Å². The van der Waals surface area contributed by atoms with Crippen LogP contribution in [0.15, 0.2) is 59.9 Å². The lowest BCUT2D eigenvalue weighted by Gasteiger charge is -2.23. The first-order valence-electron chi connectivity index (χ1n) is 10.2. The molecule has 3 heterocycles. The van der Waals surface area contributed by atoms with Crippen LogP contribution in [0.1, 0.15) is 25.1 Å². The van der Waals surface area contributed by atoms with Crippen LogP contribution in [0.5, 0.6) is 0 Å². The van der Waals surface area contributed by atoms with Gasteiger partial charge in [0.05, 0.1) is 23.4 Å². The van der Waals surface area contributed by atoms with Gasteiger partial charge in [-0.25, -0.2) is 28.1 Å². The zero-order valence-electron chi connectivity index (χ0n) is 17.3. The van der Waals surface area contributed by atoms with Gasteiger partial charge in [0.1, 0.15) is 17.7 Å². The van der Waals surface area contributed by atoms with Crippen LogP contribution in [-0.4, -0.2) is 24.5 Å². The van der Waals surface area contributed by atoms with Crippen molar-refractivity contribution >= 4 is 27.8 Å². The SMILES string of the molecule is CC[C@H](Nc1ncnc2[nH]cnc12)c1cc2cccc(F)c2c(=O)n1-c1cccc(F)c1F. The summed E-state index contributed by atoms with van der Waals surface area (Å²) in [6.45, 7) is 1.85. The van der Waals surface area contributed by atoms with Crippen molar-refractivity contribution in [3.8, 4) is 5.69 Å². The Labute approximate surface area is 185 Å². The molecule has 0 radical (unpaired) electrons. The van der Waals surface area contributed by atoms with Crippen LogP contribution in [-0.2, 0) is 0 Å². The van der Waals surface area contributed by atoms with Gasteiger partial charge in [0.15, 0.2) is 23.1 Å². The molecule has 0 fully saturated rings. The van der Waals surface area contributed by atoms with E-state index in [0.29, 0.717) is 34.5 Å². The summed E-state index contributed by atoms with van der Waals surface area (Å²) in [5.74, 6) is -2.67. The van der Waals surface area contributed by atoms with Crippen molar-refractivity contribution in [3.63, 3.8) is 0 Å². The zero-order valence-corrected chi connectivity index (χ0v) is 17.3. The molecule has 0 aliphatic rings. The number of rotatable bonds is 5. The Bertz CT molecular complexity index is 1560. The van der Waals surface area contributed by atoms with Crippen LogP contribution in [0, 0.1) is 17.5 Å². The normalized spacial score (nSPS) is 12.4. The van der Waals surface area contributed by atoms with Crippen LogP contribution < -0.4 is 10.9 Å². The number of H-pyrrole nitrogens is 1. The highest BCUT2D eigenvalue weighted by Crippen LogP contribution is 2.29. The molecule has 2 aromatic carbocycles. The Balaban J connectivity index is 1.78. The third kappa shape index (κ3) is 3.39. The molecule has 3 aromatic heterocycles. The zero-order chi connectivity index (χ0) is 23.1. The van der Waals surface area contributed by atoms with E-state index in [4.69, 9.17) is 0 Å². The number of hydrogen-bond acceptors (Lipinski definition) is 5. The lowest BCUT2D eigenvalue weighted by Crippen LogP contribution is -2.28. The molecule has 33 heavy (non-hydrogen) atoms. The molecule has 10 heteroatoms. The van der Waals surface area contributed by atoms with Crippen molar-refractivity contribution in [2.24, 2.45) is 0 Å². The molecule has 7 nitrogen and oxygen atoms in total. The number of aromatic nitrogens is 5. The van der Waals surface area contributed by atoms with Crippen LogP contribution in [0.2, 0.25) is 0 Å². The summed E-state index contributed by atoms with van der Waals surface area (Å²) < 4.78 is 44.5. The predicted octanol–water partition coefficient (Wildman–Crippen LogP) is 4.64. The van der Waals surface area contributed by atoms with Gasteiger partial charge in [-0.3, -0.25) is 9.36 Å². The van der Waals surface area contributed by atoms with Crippen LogP contribution in [0.3, 0.4) is 0 Å². The Morgan fingerprint density at radius 2 is 1.85 bits per heavy atom. The maximum absolute atomic E-state index is 14.8. The minimum atomic E-state index is -1.21. The average molecular weight is 450 g/mol. The van der Waals surface area contributed by atoms with Crippen LogP contribution in [0.4, 0.5) is 19.0 Å². The monoisotopic (exact) mass is 450 g/mol. The molecule has 0 saturated carbocycles. The molecule has 0 spiro atoms. The van der Waals surface area contributed by atoms with Gasteiger partial charge in [-0.05, 0) is 36.1 Å². The first kappa shape index (κ1) is 20.7.